The first kappa shape index (κ1) is 22.9. The molecule has 3 aromatic rings. The number of phenolic OH excluding ortho intramolecular Hbond substituents is 1. The molecule has 1 heterocycles. The van der Waals surface area contributed by atoms with Crippen molar-refractivity contribution in [3.8, 4) is 5.75 Å². The molecule has 31 heavy (non-hydrogen) atoms. The summed E-state index contributed by atoms with van der Waals surface area (Å²) in [6.45, 7) is 12.4. The molecule has 0 aliphatic rings. The summed E-state index contributed by atoms with van der Waals surface area (Å²) in [4.78, 5) is 19.8. The number of fused-ring (bicyclic) bond motifs is 1. The highest BCUT2D eigenvalue weighted by Gasteiger charge is 2.26. The van der Waals surface area contributed by atoms with Gasteiger partial charge in [-0.1, -0.05) is 65.4 Å². The Morgan fingerprint density at radius 3 is 2.32 bits per heavy atom. The van der Waals surface area contributed by atoms with Gasteiger partial charge in [-0.2, -0.15) is 5.10 Å². The average molecular weight is 439 g/mol. The third kappa shape index (κ3) is 5.67. The number of H-pyrrole nitrogens is 1. The topological polar surface area (TPSA) is 90.4 Å². The van der Waals surface area contributed by atoms with Crippen LogP contribution < -0.4 is 5.43 Å². The Labute approximate surface area is 187 Å². The summed E-state index contributed by atoms with van der Waals surface area (Å²) in [5.41, 5.74) is 6.49. The van der Waals surface area contributed by atoms with E-state index in [2.05, 4.69) is 62.0 Å². The number of thioether (sulfide) groups is 1. The van der Waals surface area contributed by atoms with Crippen LogP contribution in [0.5, 0.6) is 5.75 Å². The second kappa shape index (κ2) is 8.75. The zero-order chi connectivity index (χ0) is 22.8. The standard InChI is InChI=1S/C24H30N4O2S/c1-23(2,3)16-11-15(12-17(21(16)30)24(4,5)6)13-25-28-20(29)14-31-22-26-18-9-7-8-10-19(18)27-22/h7-13,30H,14H2,1-6H3,(H,26,27)(H,28,29). The number of nitrogens with zero attached hydrogens (tertiary/aromatic N) is 2. The number of aromatic amines is 1. The summed E-state index contributed by atoms with van der Waals surface area (Å²) in [6.07, 6.45) is 1.62. The summed E-state index contributed by atoms with van der Waals surface area (Å²) in [5.74, 6) is 0.309. The molecular weight excluding hydrogens is 408 g/mol. The molecule has 0 atom stereocenters. The first-order chi connectivity index (χ1) is 14.4. The van der Waals surface area contributed by atoms with Crippen molar-refractivity contribution in [2.75, 3.05) is 5.75 Å². The molecule has 164 valence electrons. The van der Waals surface area contributed by atoms with E-state index in [9.17, 15) is 9.90 Å². The number of carbonyl (C=O) groups excluding carboxylic acids is 1. The number of carbonyl (C=O) groups is 1. The maximum Gasteiger partial charge on any atom is 0.250 e. The fourth-order valence-electron chi connectivity index (χ4n) is 3.22. The minimum Gasteiger partial charge on any atom is -0.507 e. The van der Waals surface area contributed by atoms with Crippen molar-refractivity contribution in [2.24, 2.45) is 5.10 Å². The number of imidazole rings is 1. The minimum absolute atomic E-state index is 0.202. The number of amides is 1. The van der Waals surface area contributed by atoms with Crippen molar-refractivity contribution < 1.29 is 9.90 Å². The van der Waals surface area contributed by atoms with Gasteiger partial charge in [0.2, 0.25) is 0 Å². The summed E-state index contributed by atoms with van der Waals surface area (Å²) in [7, 11) is 0. The number of hydrazone groups is 1. The van der Waals surface area contributed by atoms with Crippen LogP contribution in [0.15, 0.2) is 46.7 Å². The van der Waals surface area contributed by atoms with E-state index >= 15 is 0 Å². The highest BCUT2D eigenvalue weighted by atomic mass is 32.2. The summed E-state index contributed by atoms with van der Waals surface area (Å²) < 4.78 is 0. The van der Waals surface area contributed by atoms with Crippen LogP contribution in [-0.2, 0) is 15.6 Å². The number of phenols is 1. The van der Waals surface area contributed by atoms with Gasteiger partial charge in [0.05, 0.1) is 23.0 Å². The number of para-hydroxylation sites is 2. The zero-order valence-corrected chi connectivity index (χ0v) is 19.7. The number of hydrogen-bond donors (Lipinski definition) is 3. The average Bonchev–Trinajstić information content (AvgIpc) is 3.08. The number of hydrogen-bond acceptors (Lipinski definition) is 5. The first-order valence-electron chi connectivity index (χ1n) is 10.2. The molecule has 3 N–H and O–H groups in total. The first-order valence-corrected chi connectivity index (χ1v) is 11.2. The molecule has 0 fully saturated rings. The molecule has 0 aliphatic carbocycles. The number of rotatable bonds is 5. The van der Waals surface area contributed by atoms with Gasteiger partial charge in [0.1, 0.15) is 5.75 Å². The molecule has 1 aromatic heterocycles. The van der Waals surface area contributed by atoms with Gasteiger partial charge < -0.3 is 10.1 Å². The summed E-state index contributed by atoms with van der Waals surface area (Å²) >= 11 is 1.33. The van der Waals surface area contributed by atoms with Gasteiger partial charge in [-0.3, -0.25) is 4.79 Å². The smallest absolute Gasteiger partial charge is 0.250 e. The Morgan fingerprint density at radius 2 is 1.74 bits per heavy atom. The maximum atomic E-state index is 12.2. The SMILES string of the molecule is CC(C)(C)c1cc(C=NNC(=O)CSc2nc3ccccc3[nH]2)cc(C(C)(C)C)c1O. The van der Waals surface area contributed by atoms with E-state index in [-0.39, 0.29) is 22.5 Å². The van der Waals surface area contributed by atoms with Gasteiger partial charge in [-0.05, 0) is 40.7 Å². The Balaban J connectivity index is 1.68. The number of aromatic hydroxyl groups is 1. The van der Waals surface area contributed by atoms with Crippen LogP contribution in [0.1, 0.15) is 58.2 Å². The normalized spacial score (nSPS) is 12.6. The van der Waals surface area contributed by atoms with Crippen LogP contribution in [0, 0.1) is 0 Å². The van der Waals surface area contributed by atoms with Gasteiger partial charge in [-0.25, -0.2) is 10.4 Å². The van der Waals surface area contributed by atoms with E-state index < -0.39 is 0 Å². The van der Waals surface area contributed by atoms with E-state index in [1.807, 2.05) is 36.4 Å². The van der Waals surface area contributed by atoms with E-state index in [4.69, 9.17) is 0 Å². The quantitative estimate of drug-likeness (QED) is 0.293. The Bertz CT molecular complexity index is 1050. The fourth-order valence-corrected chi connectivity index (χ4v) is 3.89. The minimum atomic E-state index is -0.222. The monoisotopic (exact) mass is 438 g/mol. The molecule has 0 bridgehead atoms. The van der Waals surface area contributed by atoms with E-state index in [0.717, 1.165) is 27.7 Å². The van der Waals surface area contributed by atoms with Crippen LogP contribution >= 0.6 is 11.8 Å². The molecular formula is C24H30N4O2S. The maximum absolute atomic E-state index is 12.2. The lowest BCUT2D eigenvalue weighted by atomic mass is 9.78. The molecule has 0 unspecified atom stereocenters. The van der Waals surface area contributed by atoms with Crippen LogP contribution in [0.25, 0.3) is 11.0 Å². The third-order valence-electron chi connectivity index (χ3n) is 4.86. The van der Waals surface area contributed by atoms with Gasteiger partial charge in [-0.15, -0.1) is 0 Å². The lowest BCUT2D eigenvalue weighted by Gasteiger charge is -2.27. The largest absolute Gasteiger partial charge is 0.507 e. The molecule has 0 aliphatic heterocycles. The van der Waals surface area contributed by atoms with Crippen molar-refractivity contribution in [1.29, 1.82) is 0 Å². The van der Waals surface area contributed by atoms with Crippen molar-refractivity contribution in [3.05, 3.63) is 53.1 Å². The van der Waals surface area contributed by atoms with Crippen molar-refractivity contribution in [2.45, 2.75) is 57.5 Å². The van der Waals surface area contributed by atoms with Crippen molar-refractivity contribution >= 4 is 34.9 Å². The molecule has 2 aromatic carbocycles. The van der Waals surface area contributed by atoms with Crippen molar-refractivity contribution in [3.63, 3.8) is 0 Å². The van der Waals surface area contributed by atoms with Gasteiger partial charge in [0.25, 0.3) is 5.91 Å². The molecule has 3 rings (SSSR count). The van der Waals surface area contributed by atoms with E-state index in [1.165, 1.54) is 11.8 Å². The highest BCUT2D eigenvalue weighted by Crippen LogP contribution is 2.39. The molecule has 7 heteroatoms. The fraction of sp³-hybridized carbons (Fsp3) is 0.375. The Hall–Kier alpha value is -2.80. The number of nitrogens with one attached hydrogen (secondary N) is 2. The number of aromatic nitrogens is 2. The molecule has 1 amide bonds. The van der Waals surface area contributed by atoms with Gasteiger partial charge in [0.15, 0.2) is 5.16 Å². The predicted octanol–water partition coefficient (Wildman–Crippen LogP) is 5.11. The van der Waals surface area contributed by atoms with Crippen LogP contribution in [0.3, 0.4) is 0 Å². The number of benzene rings is 2. The van der Waals surface area contributed by atoms with E-state index in [1.54, 1.807) is 6.21 Å². The second-order valence-electron chi connectivity index (χ2n) is 9.61. The molecule has 0 radical (unpaired) electrons. The van der Waals surface area contributed by atoms with Crippen LogP contribution in [0.4, 0.5) is 0 Å². The molecule has 0 saturated carbocycles. The summed E-state index contributed by atoms with van der Waals surface area (Å²) in [6, 6.07) is 11.6. The highest BCUT2D eigenvalue weighted by molar-refractivity contribution is 7.99. The summed E-state index contributed by atoms with van der Waals surface area (Å²) in [5, 5.41) is 15.6. The van der Waals surface area contributed by atoms with Crippen molar-refractivity contribution in [1.82, 2.24) is 15.4 Å². The van der Waals surface area contributed by atoms with E-state index in [0.29, 0.717) is 10.9 Å². The lowest BCUT2D eigenvalue weighted by Crippen LogP contribution is -2.20. The van der Waals surface area contributed by atoms with Gasteiger partial charge >= 0.3 is 0 Å². The molecule has 0 spiro atoms. The van der Waals surface area contributed by atoms with Crippen LogP contribution in [0.2, 0.25) is 0 Å². The third-order valence-corrected chi connectivity index (χ3v) is 5.73. The second-order valence-corrected chi connectivity index (χ2v) is 10.6. The Kier molecular flexibility index (Phi) is 6.46. The molecule has 0 saturated heterocycles. The lowest BCUT2D eigenvalue weighted by molar-refractivity contribution is -0.118. The van der Waals surface area contributed by atoms with Crippen LogP contribution in [-0.4, -0.2) is 32.9 Å². The zero-order valence-electron chi connectivity index (χ0n) is 18.9. The Morgan fingerprint density at radius 1 is 1.13 bits per heavy atom. The molecule has 6 nitrogen and oxygen atoms in total. The predicted molar refractivity (Wildman–Crippen MR) is 128 cm³/mol. The van der Waals surface area contributed by atoms with Gasteiger partial charge in [0, 0.05) is 11.1 Å².